The van der Waals surface area contributed by atoms with Crippen LogP contribution < -0.4 is 9.46 Å². The standard InChI is InChI=1S/C16H21Cl3N2O4S/c1-2-7-26(23,24)20-11-3-5-21(6-4-11)16(22)10-25-15-9-13(18)12(17)8-14(15)19/h8-9,11,20H,2-7,10H2,1H3. The van der Waals surface area contributed by atoms with Crippen molar-refractivity contribution in [3.8, 4) is 5.75 Å². The molecule has 1 N–H and O–H groups in total. The Morgan fingerprint density at radius 2 is 1.81 bits per heavy atom. The molecule has 1 heterocycles. The van der Waals surface area contributed by atoms with E-state index in [-0.39, 0.29) is 35.1 Å². The number of rotatable bonds is 7. The van der Waals surface area contributed by atoms with Crippen LogP contribution in [-0.2, 0) is 14.8 Å². The molecule has 26 heavy (non-hydrogen) atoms. The van der Waals surface area contributed by atoms with Crippen molar-refractivity contribution in [2.75, 3.05) is 25.4 Å². The number of hydrogen-bond acceptors (Lipinski definition) is 4. The molecule has 2 rings (SSSR count). The van der Waals surface area contributed by atoms with Crippen LogP contribution in [0.15, 0.2) is 12.1 Å². The van der Waals surface area contributed by atoms with Gasteiger partial charge >= 0.3 is 0 Å². The summed E-state index contributed by atoms with van der Waals surface area (Å²) >= 11 is 17.8. The number of benzene rings is 1. The zero-order valence-corrected chi connectivity index (χ0v) is 17.4. The molecule has 1 fully saturated rings. The highest BCUT2D eigenvalue weighted by Gasteiger charge is 2.26. The van der Waals surface area contributed by atoms with E-state index in [1.807, 2.05) is 6.92 Å². The lowest BCUT2D eigenvalue weighted by atomic mass is 10.1. The van der Waals surface area contributed by atoms with E-state index in [0.717, 1.165) is 0 Å². The maximum atomic E-state index is 12.3. The van der Waals surface area contributed by atoms with Crippen LogP contribution in [0.5, 0.6) is 5.75 Å². The van der Waals surface area contributed by atoms with Gasteiger partial charge in [0, 0.05) is 25.2 Å². The van der Waals surface area contributed by atoms with Gasteiger partial charge in [0.05, 0.1) is 20.8 Å². The molecule has 1 aromatic carbocycles. The van der Waals surface area contributed by atoms with Crippen molar-refractivity contribution in [2.45, 2.75) is 32.2 Å². The second-order valence-corrected chi connectivity index (χ2v) is 9.17. The molecule has 0 bridgehead atoms. The van der Waals surface area contributed by atoms with E-state index in [0.29, 0.717) is 42.4 Å². The quantitative estimate of drug-likeness (QED) is 0.656. The SMILES string of the molecule is CCCS(=O)(=O)NC1CCN(C(=O)COc2cc(Cl)c(Cl)cc2Cl)CC1. The number of carbonyl (C=O) groups excluding carboxylic acids is 1. The van der Waals surface area contributed by atoms with Crippen LogP contribution in [0, 0.1) is 0 Å². The first-order chi connectivity index (χ1) is 12.2. The number of hydrogen-bond donors (Lipinski definition) is 1. The highest BCUT2D eigenvalue weighted by atomic mass is 35.5. The van der Waals surface area contributed by atoms with Crippen LogP contribution in [0.2, 0.25) is 15.1 Å². The number of carbonyl (C=O) groups is 1. The van der Waals surface area contributed by atoms with Crippen molar-refractivity contribution in [1.29, 1.82) is 0 Å². The first kappa shape index (κ1) is 21.6. The van der Waals surface area contributed by atoms with Crippen molar-refractivity contribution in [1.82, 2.24) is 9.62 Å². The zero-order chi connectivity index (χ0) is 19.3. The van der Waals surface area contributed by atoms with Crippen LogP contribution in [-0.4, -0.2) is 50.7 Å². The summed E-state index contributed by atoms with van der Waals surface area (Å²) in [7, 11) is -3.24. The van der Waals surface area contributed by atoms with Gasteiger partial charge in [0.25, 0.3) is 5.91 Å². The van der Waals surface area contributed by atoms with Gasteiger partial charge in [-0.1, -0.05) is 41.7 Å². The smallest absolute Gasteiger partial charge is 0.260 e. The maximum absolute atomic E-state index is 12.3. The van der Waals surface area contributed by atoms with Crippen molar-refractivity contribution in [2.24, 2.45) is 0 Å². The summed E-state index contributed by atoms with van der Waals surface area (Å²) in [5.74, 6) is 0.211. The van der Waals surface area contributed by atoms with Gasteiger partial charge in [0.1, 0.15) is 5.75 Å². The third-order valence-electron chi connectivity index (χ3n) is 3.99. The minimum atomic E-state index is -3.24. The van der Waals surface area contributed by atoms with E-state index >= 15 is 0 Å². The molecule has 0 unspecified atom stereocenters. The third kappa shape index (κ3) is 6.16. The molecule has 6 nitrogen and oxygen atoms in total. The zero-order valence-electron chi connectivity index (χ0n) is 14.3. The molecule has 1 saturated heterocycles. The summed E-state index contributed by atoms with van der Waals surface area (Å²) in [5, 5.41) is 0.873. The van der Waals surface area contributed by atoms with Crippen LogP contribution in [0.3, 0.4) is 0 Å². The largest absolute Gasteiger partial charge is 0.482 e. The number of piperidine rings is 1. The molecule has 1 amide bonds. The van der Waals surface area contributed by atoms with Gasteiger partial charge in [0.15, 0.2) is 6.61 Å². The Morgan fingerprint density at radius 3 is 2.42 bits per heavy atom. The predicted octanol–water partition coefficient (Wildman–Crippen LogP) is 3.35. The van der Waals surface area contributed by atoms with Gasteiger partial charge in [-0.05, 0) is 25.3 Å². The van der Waals surface area contributed by atoms with Crippen LogP contribution >= 0.6 is 34.8 Å². The van der Waals surface area contributed by atoms with Crippen LogP contribution in [0.1, 0.15) is 26.2 Å². The number of nitrogens with zero attached hydrogens (tertiary/aromatic N) is 1. The molecular weight excluding hydrogens is 423 g/mol. The third-order valence-corrected chi connectivity index (χ3v) is 6.65. The average Bonchev–Trinajstić information content (AvgIpc) is 2.57. The number of halogens is 3. The summed E-state index contributed by atoms with van der Waals surface area (Å²) in [6, 6.07) is 2.79. The van der Waals surface area contributed by atoms with E-state index in [1.165, 1.54) is 12.1 Å². The molecule has 0 saturated carbocycles. The van der Waals surface area contributed by atoms with Gasteiger partial charge in [0.2, 0.25) is 10.0 Å². The lowest BCUT2D eigenvalue weighted by Crippen LogP contribution is -2.48. The first-order valence-electron chi connectivity index (χ1n) is 8.27. The number of amides is 1. The van der Waals surface area contributed by atoms with Gasteiger partial charge in [-0.25, -0.2) is 13.1 Å². The monoisotopic (exact) mass is 442 g/mol. The molecule has 0 aliphatic carbocycles. The predicted molar refractivity (Wildman–Crippen MR) is 104 cm³/mol. The number of likely N-dealkylation sites (tertiary alicyclic amines) is 1. The van der Waals surface area contributed by atoms with E-state index in [9.17, 15) is 13.2 Å². The van der Waals surface area contributed by atoms with Crippen molar-refractivity contribution < 1.29 is 17.9 Å². The molecule has 146 valence electrons. The minimum Gasteiger partial charge on any atom is -0.482 e. The van der Waals surface area contributed by atoms with Gasteiger partial charge in [-0.3, -0.25) is 4.79 Å². The summed E-state index contributed by atoms with van der Waals surface area (Å²) in [6.45, 7) is 2.58. The molecular formula is C16H21Cl3N2O4S. The fraction of sp³-hybridized carbons (Fsp3) is 0.562. The van der Waals surface area contributed by atoms with Crippen molar-refractivity contribution in [3.05, 3.63) is 27.2 Å². The second kappa shape index (κ2) is 9.46. The van der Waals surface area contributed by atoms with Gasteiger partial charge < -0.3 is 9.64 Å². The van der Waals surface area contributed by atoms with E-state index in [2.05, 4.69) is 4.72 Å². The molecule has 1 aliphatic heterocycles. The average molecular weight is 444 g/mol. The van der Waals surface area contributed by atoms with E-state index < -0.39 is 10.0 Å². The molecule has 1 aliphatic rings. The second-order valence-electron chi connectivity index (χ2n) is 6.08. The topological polar surface area (TPSA) is 75.7 Å². The number of ether oxygens (including phenoxy) is 1. The Bertz CT molecular complexity index is 750. The molecule has 0 radical (unpaired) electrons. The highest BCUT2D eigenvalue weighted by molar-refractivity contribution is 7.89. The molecule has 0 atom stereocenters. The van der Waals surface area contributed by atoms with Crippen LogP contribution in [0.25, 0.3) is 0 Å². The van der Waals surface area contributed by atoms with E-state index in [4.69, 9.17) is 39.5 Å². The Labute approximate surface area is 168 Å². The van der Waals surface area contributed by atoms with E-state index in [1.54, 1.807) is 4.90 Å². The summed E-state index contributed by atoms with van der Waals surface area (Å²) in [4.78, 5) is 13.9. The van der Waals surface area contributed by atoms with Gasteiger partial charge in [-0.15, -0.1) is 0 Å². The fourth-order valence-corrected chi connectivity index (χ4v) is 4.66. The van der Waals surface area contributed by atoms with Crippen LogP contribution in [0.4, 0.5) is 0 Å². The molecule has 0 aromatic heterocycles. The fourth-order valence-electron chi connectivity index (χ4n) is 2.67. The molecule has 0 spiro atoms. The Morgan fingerprint density at radius 1 is 1.19 bits per heavy atom. The Balaban J connectivity index is 1.83. The summed E-state index contributed by atoms with van der Waals surface area (Å²) in [5.41, 5.74) is 0. The lowest BCUT2D eigenvalue weighted by Gasteiger charge is -2.32. The highest BCUT2D eigenvalue weighted by Crippen LogP contribution is 2.33. The molecule has 1 aromatic rings. The maximum Gasteiger partial charge on any atom is 0.260 e. The summed E-state index contributed by atoms with van der Waals surface area (Å²) in [6.07, 6.45) is 1.71. The Kier molecular flexibility index (Phi) is 7.85. The van der Waals surface area contributed by atoms with Crippen molar-refractivity contribution >= 4 is 50.7 Å². The number of nitrogens with one attached hydrogen (secondary N) is 1. The number of sulfonamides is 1. The minimum absolute atomic E-state index is 0.115. The van der Waals surface area contributed by atoms with Crippen molar-refractivity contribution in [3.63, 3.8) is 0 Å². The van der Waals surface area contributed by atoms with Gasteiger partial charge in [-0.2, -0.15) is 0 Å². The normalized spacial score (nSPS) is 15.9. The molecule has 10 heteroatoms. The lowest BCUT2D eigenvalue weighted by molar-refractivity contribution is -0.134. The Hall–Kier alpha value is -0.730. The first-order valence-corrected chi connectivity index (χ1v) is 11.1. The summed E-state index contributed by atoms with van der Waals surface area (Å²) < 4.78 is 31.8.